The first kappa shape index (κ1) is 19.8. The van der Waals surface area contributed by atoms with E-state index in [1.807, 2.05) is 12.1 Å². The molecular formula is C18H27NO5. The van der Waals surface area contributed by atoms with E-state index in [-0.39, 0.29) is 13.1 Å². The van der Waals surface area contributed by atoms with Gasteiger partial charge >= 0.3 is 12.1 Å². The predicted octanol–water partition coefficient (Wildman–Crippen LogP) is 3.54. The van der Waals surface area contributed by atoms with Crippen LogP contribution < -0.4 is 4.74 Å². The maximum atomic E-state index is 12.5. The zero-order chi connectivity index (χ0) is 18.5. The fourth-order valence-corrected chi connectivity index (χ4v) is 2.01. The van der Waals surface area contributed by atoms with E-state index in [0.29, 0.717) is 5.75 Å². The van der Waals surface area contributed by atoms with E-state index in [4.69, 9.17) is 9.47 Å². The van der Waals surface area contributed by atoms with Crippen molar-refractivity contribution in [3.05, 3.63) is 29.8 Å². The number of rotatable bonds is 6. The van der Waals surface area contributed by atoms with Gasteiger partial charge in [0.1, 0.15) is 11.4 Å². The topological polar surface area (TPSA) is 76.1 Å². The molecule has 0 saturated carbocycles. The van der Waals surface area contributed by atoms with Crippen LogP contribution in [0.25, 0.3) is 0 Å². The highest BCUT2D eigenvalue weighted by Crippen LogP contribution is 2.22. The van der Waals surface area contributed by atoms with Crippen LogP contribution >= 0.6 is 0 Å². The number of methoxy groups -OCH3 is 1. The molecule has 6 nitrogen and oxygen atoms in total. The van der Waals surface area contributed by atoms with E-state index in [2.05, 4.69) is 0 Å². The van der Waals surface area contributed by atoms with Gasteiger partial charge in [-0.25, -0.2) is 4.79 Å². The quantitative estimate of drug-likeness (QED) is 0.859. The van der Waals surface area contributed by atoms with E-state index in [1.54, 1.807) is 53.9 Å². The summed E-state index contributed by atoms with van der Waals surface area (Å²) in [4.78, 5) is 25.3. The fraction of sp³-hybridized carbons (Fsp3) is 0.556. The van der Waals surface area contributed by atoms with E-state index >= 15 is 0 Å². The summed E-state index contributed by atoms with van der Waals surface area (Å²) in [6.07, 6.45) is -0.535. The van der Waals surface area contributed by atoms with Gasteiger partial charge in [0.2, 0.25) is 0 Å². The summed E-state index contributed by atoms with van der Waals surface area (Å²) in [6, 6.07) is 7.27. The van der Waals surface area contributed by atoms with E-state index in [9.17, 15) is 14.7 Å². The average Bonchev–Trinajstić information content (AvgIpc) is 2.45. The first-order valence-corrected chi connectivity index (χ1v) is 7.79. The van der Waals surface area contributed by atoms with Crippen molar-refractivity contribution >= 4 is 12.1 Å². The molecule has 1 amide bonds. The third-order valence-corrected chi connectivity index (χ3v) is 3.35. The predicted molar refractivity (Wildman–Crippen MR) is 91.1 cm³/mol. The minimum absolute atomic E-state index is 0.0449. The van der Waals surface area contributed by atoms with Crippen molar-refractivity contribution in [1.82, 2.24) is 4.90 Å². The zero-order valence-electron chi connectivity index (χ0n) is 15.3. The van der Waals surface area contributed by atoms with Gasteiger partial charge in [0.25, 0.3) is 0 Å². The summed E-state index contributed by atoms with van der Waals surface area (Å²) < 4.78 is 10.5. The third kappa shape index (κ3) is 6.10. The first-order valence-electron chi connectivity index (χ1n) is 7.79. The molecule has 0 saturated heterocycles. The van der Waals surface area contributed by atoms with Crippen LogP contribution in [-0.2, 0) is 16.1 Å². The van der Waals surface area contributed by atoms with Crippen LogP contribution in [-0.4, -0.2) is 41.3 Å². The first-order chi connectivity index (χ1) is 10.9. The Morgan fingerprint density at radius 3 is 2.04 bits per heavy atom. The Morgan fingerprint density at radius 1 is 1.08 bits per heavy atom. The van der Waals surface area contributed by atoms with Gasteiger partial charge in [-0.1, -0.05) is 12.1 Å². The van der Waals surface area contributed by atoms with Gasteiger partial charge in [-0.05, 0) is 52.3 Å². The van der Waals surface area contributed by atoms with Crippen LogP contribution in [0.3, 0.4) is 0 Å². The Balaban J connectivity index is 2.98. The highest BCUT2D eigenvalue weighted by Gasteiger charge is 2.33. The molecule has 0 aliphatic rings. The van der Waals surface area contributed by atoms with Crippen molar-refractivity contribution in [2.75, 3.05) is 13.7 Å². The van der Waals surface area contributed by atoms with Gasteiger partial charge in [0, 0.05) is 13.1 Å². The molecule has 0 fully saturated rings. The maximum Gasteiger partial charge on any atom is 0.410 e. The molecule has 0 heterocycles. The molecule has 0 bridgehead atoms. The molecule has 0 unspecified atom stereocenters. The second kappa shape index (κ2) is 7.55. The number of carboxylic acids is 1. The molecule has 0 aliphatic carbocycles. The second-order valence-corrected chi connectivity index (χ2v) is 7.37. The largest absolute Gasteiger partial charge is 0.497 e. The van der Waals surface area contributed by atoms with E-state index in [1.165, 1.54) is 4.90 Å². The summed E-state index contributed by atoms with van der Waals surface area (Å²) in [6.45, 7) is 8.80. The van der Waals surface area contributed by atoms with Crippen LogP contribution in [0.4, 0.5) is 4.79 Å². The van der Waals surface area contributed by atoms with Gasteiger partial charge in [0.15, 0.2) is 0 Å². The van der Waals surface area contributed by atoms with Crippen molar-refractivity contribution in [2.24, 2.45) is 5.41 Å². The summed E-state index contributed by atoms with van der Waals surface area (Å²) in [5.74, 6) is -0.251. The average molecular weight is 337 g/mol. The minimum Gasteiger partial charge on any atom is -0.497 e. The van der Waals surface area contributed by atoms with Crippen LogP contribution in [0, 0.1) is 5.41 Å². The molecule has 0 aromatic heterocycles. The van der Waals surface area contributed by atoms with Crippen molar-refractivity contribution in [1.29, 1.82) is 0 Å². The van der Waals surface area contributed by atoms with Crippen molar-refractivity contribution < 1.29 is 24.2 Å². The smallest absolute Gasteiger partial charge is 0.410 e. The normalized spacial score (nSPS) is 11.8. The van der Waals surface area contributed by atoms with Crippen molar-refractivity contribution in [2.45, 2.75) is 46.8 Å². The second-order valence-electron chi connectivity index (χ2n) is 7.37. The van der Waals surface area contributed by atoms with Gasteiger partial charge < -0.3 is 19.5 Å². The highest BCUT2D eigenvalue weighted by molar-refractivity contribution is 5.75. The molecule has 0 spiro atoms. The lowest BCUT2D eigenvalue weighted by atomic mass is 9.93. The summed E-state index contributed by atoms with van der Waals surface area (Å²) in [5.41, 5.74) is -0.866. The maximum absolute atomic E-state index is 12.5. The van der Waals surface area contributed by atoms with Gasteiger partial charge in [-0.3, -0.25) is 4.79 Å². The Kier molecular flexibility index (Phi) is 6.23. The Bertz CT molecular complexity index is 572. The summed E-state index contributed by atoms with van der Waals surface area (Å²) in [7, 11) is 1.58. The molecule has 1 aromatic rings. The number of carbonyl (C=O) groups is 2. The lowest BCUT2D eigenvalue weighted by Crippen LogP contribution is -2.44. The number of amides is 1. The molecule has 6 heteroatoms. The van der Waals surface area contributed by atoms with Gasteiger partial charge in [-0.15, -0.1) is 0 Å². The lowest BCUT2D eigenvalue weighted by molar-refractivity contribution is -0.147. The van der Waals surface area contributed by atoms with Gasteiger partial charge in [0.05, 0.1) is 12.5 Å². The van der Waals surface area contributed by atoms with Crippen LogP contribution in [0.15, 0.2) is 24.3 Å². The number of aliphatic carboxylic acids is 1. The number of carboxylic acid groups (broad SMARTS) is 1. The molecule has 24 heavy (non-hydrogen) atoms. The molecular weight excluding hydrogens is 310 g/mol. The molecule has 0 radical (unpaired) electrons. The molecule has 1 rings (SSSR count). The minimum atomic E-state index is -1.08. The number of benzene rings is 1. The molecule has 1 N–H and O–H groups in total. The van der Waals surface area contributed by atoms with Crippen molar-refractivity contribution in [3.63, 3.8) is 0 Å². The van der Waals surface area contributed by atoms with E-state index < -0.39 is 23.1 Å². The number of ether oxygens (including phenoxy) is 2. The highest BCUT2D eigenvalue weighted by atomic mass is 16.6. The summed E-state index contributed by atoms with van der Waals surface area (Å²) in [5, 5.41) is 9.34. The van der Waals surface area contributed by atoms with Crippen molar-refractivity contribution in [3.8, 4) is 5.75 Å². The number of nitrogens with zero attached hydrogens (tertiary/aromatic N) is 1. The molecule has 0 aliphatic heterocycles. The standard InChI is InChI=1S/C18H27NO5/c1-17(2,3)24-16(22)19(12-18(4,5)15(20)21)11-13-7-9-14(23-6)10-8-13/h7-10H,11-12H2,1-6H3,(H,20,21). The van der Waals surface area contributed by atoms with Crippen LogP contribution in [0.1, 0.15) is 40.2 Å². The number of carbonyl (C=O) groups excluding carboxylic acids is 1. The lowest BCUT2D eigenvalue weighted by Gasteiger charge is -2.32. The SMILES string of the molecule is COc1ccc(CN(CC(C)(C)C(=O)O)C(=O)OC(C)(C)C)cc1. The Labute approximate surface area is 143 Å². The third-order valence-electron chi connectivity index (χ3n) is 3.35. The Hall–Kier alpha value is -2.24. The summed E-state index contributed by atoms with van der Waals surface area (Å²) >= 11 is 0. The molecule has 134 valence electrons. The van der Waals surface area contributed by atoms with Gasteiger partial charge in [-0.2, -0.15) is 0 Å². The van der Waals surface area contributed by atoms with Crippen LogP contribution in [0.2, 0.25) is 0 Å². The van der Waals surface area contributed by atoms with E-state index in [0.717, 1.165) is 5.56 Å². The molecule has 1 aromatic carbocycles. The number of hydrogen-bond acceptors (Lipinski definition) is 4. The zero-order valence-corrected chi connectivity index (χ0v) is 15.3. The fourth-order valence-electron chi connectivity index (χ4n) is 2.01. The Morgan fingerprint density at radius 2 is 1.62 bits per heavy atom. The molecule has 0 atom stereocenters. The number of hydrogen-bond donors (Lipinski definition) is 1. The monoisotopic (exact) mass is 337 g/mol. The van der Waals surface area contributed by atoms with Crippen LogP contribution in [0.5, 0.6) is 5.75 Å².